The second kappa shape index (κ2) is 5.19. The lowest BCUT2D eigenvalue weighted by atomic mass is 9.77. The molecule has 1 aliphatic heterocycles. The molecule has 17 heavy (non-hydrogen) atoms. The number of nitrogens with zero attached hydrogens (tertiary/aromatic N) is 2. The predicted octanol–water partition coefficient (Wildman–Crippen LogP) is 1.37. The highest BCUT2D eigenvalue weighted by Gasteiger charge is 2.41. The van der Waals surface area contributed by atoms with E-state index in [4.69, 9.17) is 4.74 Å². The van der Waals surface area contributed by atoms with Gasteiger partial charge in [-0.1, -0.05) is 6.92 Å². The van der Waals surface area contributed by atoms with E-state index in [0.29, 0.717) is 6.10 Å². The van der Waals surface area contributed by atoms with Crippen LogP contribution in [0.2, 0.25) is 0 Å². The molecule has 0 radical (unpaired) electrons. The Morgan fingerprint density at radius 2 is 2.47 bits per heavy atom. The average molecular weight is 237 g/mol. The maximum Gasteiger partial charge on any atom is 0.0631 e. The van der Waals surface area contributed by atoms with E-state index in [1.807, 2.05) is 17.9 Å². The van der Waals surface area contributed by atoms with Gasteiger partial charge in [0.05, 0.1) is 11.8 Å². The highest BCUT2D eigenvalue weighted by molar-refractivity contribution is 5.06. The molecule has 0 aliphatic carbocycles. The third-order valence-corrected chi connectivity index (χ3v) is 3.86. The molecule has 2 rings (SSSR count). The van der Waals surface area contributed by atoms with E-state index >= 15 is 0 Å². The van der Waals surface area contributed by atoms with Crippen molar-refractivity contribution in [3.05, 3.63) is 18.0 Å². The zero-order valence-corrected chi connectivity index (χ0v) is 11.1. The molecule has 1 aliphatic rings. The van der Waals surface area contributed by atoms with Gasteiger partial charge in [-0.2, -0.15) is 5.10 Å². The molecule has 4 heteroatoms. The van der Waals surface area contributed by atoms with Crippen LogP contribution in [0, 0.1) is 5.41 Å². The Balaban J connectivity index is 2.10. The average Bonchev–Trinajstić information content (AvgIpc) is 2.85. The van der Waals surface area contributed by atoms with Crippen molar-refractivity contribution < 1.29 is 4.74 Å². The van der Waals surface area contributed by atoms with E-state index in [1.54, 1.807) is 0 Å². The smallest absolute Gasteiger partial charge is 0.0631 e. The fourth-order valence-corrected chi connectivity index (χ4v) is 2.64. The van der Waals surface area contributed by atoms with Gasteiger partial charge in [-0.15, -0.1) is 0 Å². The van der Waals surface area contributed by atoms with Crippen LogP contribution in [0.4, 0.5) is 0 Å². The molecular formula is C13H23N3O. The lowest BCUT2D eigenvalue weighted by molar-refractivity contribution is 0.0627. The van der Waals surface area contributed by atoms with Gasteiger partial charge in [0.1, 0.15) is 0 Å². The van der Waals surface area contributed by atoms with Crippen molar-refractivity contribution in [3.63, 3.8) is 0 Å². The Bertz CT molecular complexity index is 363. The molecule has 0 amide bonds. The first-order valence-corrected chi connectivity index (χ1v) is 6.47. The predicted molar refractivity (Wildman–Crippen MR) is 67.9 cm³/mol. The second-order valence-electron chi connectivity index (χ2n) is 5.06. The Labute approximate surface area is 103 Å². The maximum absolute atomic E-state index is 5.77. The lowest BCUT2D eigenvalue weighted by Gasteiger charge is -2.31. The SMILES string of the molecule is CCNCC1(Cc2ccn(C)n2)CCOC1C. The largest absolute Gasteiger partial charge is 0.378 e. The number of aromatic nitrogens is 2. The second-order valence-corrected chi connectivity index (χ2v) is 5.06. The molecule has 0 spiro atoms. The van der Waals surface area contributed by atoms with E-state index in [1.165, 1.54) is 5.69 Å². The lowest BCUT2D eigenvalue weighted by Crippen LogP contribution is -2.41. The molecule has 1 aromatic heterocycles. The van der Waals surface area contributed by atoms with Crippen molar-refractivity contribution in [1.82, 2.24) is 15.1 Å². The molecule has 0 bridgehead atoms. The third kappa shape index (κ3) is 2.69. The molecule has 1 aromatic rings. The highest BCUT2D eigenvalue weighted by Crippen LogP contribution is 2.37. The van der Waals surface area contributed by atoms with Gasteiger partial charge in [-0.05, 0) is 26.0 Å². The van der Waals surface area contributed by atoms with Crippen LogP contribution in [0.3, 0.4) is 0 Å². The van der Waals surface area contributed by atoms with Gasteiger partial charge in [0.2, 0.25) is 0 Å². The van der Waals surface area contributed by atoms with Gasteiger partial charge in [-0.3, -0.25) is 4.68 Å². The van der Waals surface area contributed by atoms with Crippen LogP contribution in [0.5, 0.6) is 0 Å². The molecule has 4 nitrogen and oxygen atoms in total. The summed E-state index contributed by atoms with van der Waals surface area (Å²) in [6.45, 7) is 7.24. The molecule has 0 aromatic carbocycles. The minimum absolute atomic E-state index is 0.213. The number of rotatable bonds is 5. The summed E-state index contributed by atoms with van der Waals surface area (Å²) in [5.74, 6) is 0. The summed E-state index contributed by atoms with van der Waals surface area (Å²) in [6.07, 6.45) is 4.44. The van der Waals surface area contributed by atoms with Crippen molar-refractivity contribution in [2.24, 2.45) is 12.5 Å². The van der Waals surface area contributed by atoms with Crippen molar-refractivity contribution in [1.29, 1.82) is 0 Å². The molecule has 2 heterocycles. The Morgan fingerprint density at radius 1 is 1.65 bits per heavy atom. The molecule has 0 saturated carbocycles. The topological polar surface area (TPSA) is 39.1 Å². The van der Waals surface area contributed by atoms with E-state index in [9.17, 15) is 0 Å². The van der Waals surface area contributed by atoms with Crippen LogP contribution in [-0.2, 0) is 18.2 Å². The summed E-state index contributed by atoms with van der Waals surface area (Å²) in [5.41, 5.74) is 1.38. The Morgan fingerprint density at radius 3 is 3.00 bits per heavy atom. The number of hydrogen-bond acceptors (Lipinski definition) is 3. The molecular weight excluding hydrogens is 214 g/mol. The van der Waals surface area contributed by atoms with Crippen LogP contribution in [0.15, 0.2) is 12.3 Å². The Hall–Kier alpha value is -0.870. The van der Waals surface area contributed by atoms with Gasteiger partial charge in [-0.25, -0.2) is 0 Å². The summed E-state index contributed by atoms with van der Waals surface area (Å²) in [4.78, 5) is 0. The Kier molecular flexibility index (Phi) is 3.84. The number of ether oxygens (including phenoxy) is 1. The zero-order valence-electron chi connectivity index (χ0n) is 11.1. The zero-order chi connectivity index (χ0) is 12.3. The van der Waals surface area contributed by atoms with Crippen LogP contribution in [0.1, 0.15) is 26.0 Å². The van der Waals surface area contributed by atoms with E-state index < -0.39 is 0 Å². The molecule has 96 valence electrons. The minimum Gasteiger partial charge on any atom is -0.378 e. The van der Waals surface area contributed by atoms with Crippen molar-refractivity contribution in [2.75, 3.05) is 19.7 Å². The van der Waals surface area contributed by atoms with Gasteiger partial charge < -0.3 is 10.1 Å². The van der Waals surface area contributed by atoms with Gasteiger partial charge in [0, 0.05) is 38.2 Å². The molecule has 1 fully saturated rings. The van der Waals surface area contributed by atoms with Crippen molar-refractivity contribution >= 4 is 0 Å². The quantitative estimate of drug-likeness (QED) is 0.840. The fourth-order valence-electron chi connectivity index (χ4n) is 2.64. The fraction of sp³-hybridized carbons (Fsp3) is 0.769. The first kappa shape index (κ1) is 12.6. The van der Waals surface area contributed by atoms with Crippen molar-refractivity contribution in [3.8, 4) is 0 Å². The van der Waals surface area contributed by atoms with Crippen molar-refractivity contribution in [2.45, 2.75) is 32.8 Å². The number of aryl methyl sites for hydroxylation is 1. The van der Waals surface area contributed by atoms with Gasteiger partial charge in [0.25, 0.3) is 0 Å². The third-order valence-electron chi connectivity index (χ3n) is 3.86. The van der Waals surface area contributed by atoms with E-state index in [2.05, 4.69) is 30.3 Å². The van der Waals surface area contributed by atoms with Crippen LogP contribution < -0.4 is 5.32 Å². The van der Waals surface area contributed by atoms with E-state index in [0.717, 1.165) is 32.5 Å². The van der Waals surface area contributed by atoms with Gasteiger partial charge >= 0.3 is 0 Å². The normalized spacial score (nSPS) is 28.8. The first-order valence-electron chi connectivity index (χ1n) is 6.47. The van der Waals surface area contributed by atoms with Crippen LogP contribution >= 0.6 is 0 Å². The first-order chi connectivity index (χ1) is 8.16. The minimum atomic E-state index is 0.213. The molecule has 2 unspecified atom stereocenters. The molecule has 1 saturated heterocycles. The summed E-state index contributed by atoms with van der Waals surface area (Å²) < 4.78 is 7.64. The summed E-state index contributed by atoms with van der Waals surface area (Å²) in [5, 5.41) is 7.97. The standard InChI is InChI=1S/C13H23N3O/c1-4-14-10-13(6-8-17-11(13)2)9-12-5-7-16(3)15-12/h5,7,11,14H,4,6,8-10H2,1-3H3. The van der Waals surface area contributed by atoms with Crippen LogP contribution in [-0.4, -0.2) is 35.6 Å². The highest BCUT2D eigenvalue weighted by atomic mass is 16.5. The summed E-state index contributed by atoms with van der Waals surface area (Å²) in [6, 6.07) is 2.11. The molecule has 2 atom stereocenters. The maximum atomic E-state index is 5.77. The monoisotopic (exact) mass is 237 g/mol. The summed E-state index contributed by atoms with van der Waals surface area (Å²) in [7, 11) is 1.97. The molecule has 1 N–H and O–H groups in total. The van der Waals surface area contributed by atoms with E-state index in [-0.39, 0.29) is 5.41 Å². The number of hydrogen-bond donors (Lipinski definition) is 1. The number of nitrogens with one attached hydrogen (secondary N) is 1. The van der Waals surface area contributed by atoms with Crippen LogP contribution in [0.25, 0.3) is 0 Å². The summed E-state index contributed by atoms with van der Waals surface area (Å²) >= 11 is 0. The van der Waals surface area contributed by atoms with Gasteiger partial charge in [0.15, 0.2) is 0 Å².